The molecular formula is C19H24N2O2. The van der Waals surface area contributed by atoms with E-state index in [-0.39, 0.29) is 11.6 Å². The van der Waals surface area contributed by atoms with Crippen molar-refractivity contribution in [2.45, 2.75) is 63.0 Å². The maximum Gasteiger partial charge on any atom is 0.333 e. The summed E-state index contributed by atoms with van der Waals surface area (Å²) >= 11 is 0. The molecule has 1 aliphatic carbocycles. The van der Waals surface area contributed by atoms with E-state index in [1.165, 1.54) is 24.8 Å². The van der Waals surface area contributed by atoms with Crippen molar-refractivity contribution in [2.75, 3.05) is 6.54 Å². The maximum atomic E-state index is 12.1. The summed E-state index contributed by atoms with van der Waals surface area (Å²) in [5.41, 5.74) is 2.03. The second kappa shape index (κ2) is 5.99. The third kappa shape index (κ3) is 2.64. The molecule has 0 radical (unpaired) electrons. The van der Waals surface area contributed by atoms with Crippen LogP contribution in [0.25, 0.3) is 0 Å². The first-order valence-corrected chi connectivity index (χ1v) is 8.90. The molecule has 1 atom stereocenters. The van der Waals surface area contributed by atoms with E-state index in [2.05, 4.69) is 16.0 Å². The average molecular weight is 312 g/mol. The minimum atomic E-state index is -0.354. The molecule has 4 nitrogen and oxygen atoms in total. The van der Waals surface area contributed by atoms with Crippen molar-refractivity contribution in [3.05, 3.63) is 41.9 Å². The molecule has 3 aliphatic rings. The molecule has 4 heteroatoms. The molecule has 1 saturated carbocycles. The van der Waals surface area contributed by atoms with Gasteiger partial charge in [0.25, 0.3) is 0 Å². The molecule has 2 aliphatic heterocycles. The number of carbonyl (C=O) groups is 1. The van der Waals surface area contributed by atoms with E-state index in [0.717, 1.165) is 44.3 Å². The highest BCUT2D eigenvalue weighted by molar-refractivity contribution is 5.86. The number of rotatable bonds is 2. The first kappa shape index (κ1) is 14.7. The number of hydrogen-bond donors (Lipinski definition) is 0. The Morgan fingerprint density at radius 3 is 2.83 bits per heavy atom. The number of aromatic nitrogens is 1. The van der Waals surface area contributed by atoms with Gasteiger partial charge in [-0.3, -0.25) is 4.98 Å². The van der Waals surface area contributed by atoms with Crippen LogP contribution in [0.15, 0.2) is 36.3 Å². The average Bonchev–Trinajstić information content (AvgIpc) is 2.92. The van der Waals surface area contributed by atoms with Crippen molar-refractivity contribution >= 4 is 5.97 Å². The summed E-state index contributed by atoms with van der Waals surface area (Å²) in [7, 11) is 0. The molecule has 4 rings (SSSR count). The van der Waals surface area contributed by atoms with Crippen LogP contribution in [0.3, 0.4) is 0 Å². The van der Waals surface area contributed by atoms with Gasteiger partial charge in [0.15, 0.2) is 5.60 Å². The monoisotopic (exact) mass is 312 g/mol. The number of pyridine rings is 1. The predicted molar refractivity (Wildman–Crippen MR) is 87.5 cm³/mol. The number of carbonyl (C=O) groups excluding carboxylic acids is 1. The molecule has 3 heterocycles. The van der Waals surface area contributed by atoms with Crippen LogP contribution in [0.5, 0.6) is 0 Å². The first-order valence-electron chi connectivity index (χ1n) is 8.90. The van der Waals surface area contributed by atoms with E-state index in [4.69, 9.17) is 4.74 Å². The summed E-state index contributed by atoms with van der Waals surface area (Å²) in [4.78, 5) is 18.8. The maximum absolute atomic E-state index is 12.1. The van der Waals surface area contributed by atoms with Crippen LogP contribution in [0.2, 0.25) is 0 Å². The highest BCUT2D eigenvalue weighted by Gasteiger charge is 2.47. The number of piperidine rings is 1. The van der Waals surface area contributed by atoms with E-state index >= 15 is 0 Å². The number of likely N-dealkylation sites (tertiary alicyclic amines) is 1. The van der Waals surface area contributed by atoms with Crippen LogP contribution in [-0.4, -0.2) is 28.0 Å². The van der Waals surface area contributed by atoms with Gasteiger partial charge in [-0.1, -0.05) is 12.5 Å². The lowest BCUT2D eigenvalue weighted by Gasteiger charge is -2.45. The van der Waals surface area contributed by atoms with Gasteiger partial charge in [-0.15, -0.1) is 0 Å². The molecule has 1 spiro atoms. The SMILES string of the molecule is O=C1C=C(N2CCCC[C@H]2c2cccnc2)C2(CCCCC2)O1. The normalized spacial score (nSPS) is 27.0. The molecule has 0 unspecified atom stereocenters. The van der Waals surface area contributed by atoms with E-state index < -0.39 is 0 Å². The van der Waals surface area contributed by atoms with Gasteiger partial charge in [0.1, 0.15) is 0 Å². The molecule has 23 heavy (non-hydrogen) atoms. The van der Waals surface area contributed by atoms with Gasteiger partial charge in [-0.2, -0.15) is 0 Å². The zero-order valence-electron chi connectivity index (χ0n) is 13.5. The van der Waals surface area contributed by atoms with Crippen LogP contribution < -0.4 is 0 Å². The zero-order chi connectivity index (χ0) is 15.7. The van der Waals surface area contributed by atoms with Gasteiger partial charge >= 0.3 is 5.97 Å². The number of hydrogen-bond acceptors (Lipinski definition) is 4. The lowest BCUT2D eigenvalue weighted by Crippen LogP contribution is -2.44. The van der Waals surface area contributed by atoms with Crippen molar-refractivity contribution in [3.8, 4) is 0 Å². The van der Waals surface area contributed by atoms with Crippen molar-refractivity contribution in [1.82, 2.24) is 9.88 Å². The van der Waals surface area contributed by atoms with Crippen molar-refractivity contribution in [3.63, 3.8) is 0 Å². The molecule has 1 aromatic rings. The standard InChI is InChI=1S/C19H24N2O2/c22-18-13-17(19(23-18)9-3-1-4-10-19)21-12-5-2-8-16(21)15-7-6-11-20-14-15/h6-7,11,13-14,16H,1-5,8-10,12H2/t16-/m0/s1. The fourth-order valence-electron chi connectivity index (χ4n) is 4.48. The van der Waals surface area contributed by atoms with Crippen molar-refractivity contribution in [2.24, 2.45) is 0 Å². The van der Waals surface area contributed by atoms with Crippen LogP contribution in [-0.2, 0) is 9.53 Å². The second-order valence-electron chi connectivity index (χ2n) is 7.00. The summed E-state index contributed by atoms with van der Waals surface area (Å²) in [6.45, 7) is 1.00. The quantitative estimate of drug-likeness (QED) is 0.780. The minimum Gasteiger partial charge on any atom is -0.449 e. The Morgan fingerprint density at radius 1 is 1.17 bits per heavy atom. The fourth-order valence-corrected chi connectivity index (χ4v) is 4.48. The van der Waals surface area contributed by atoms with Crippen molar-refractivity contribution < 1.29 is 9.53 Å². The van der Waals surface area contributed by atoms with Gasteiger partial charge in [0.05, 0.1) is 11.7 Å². The Kier molecular flexibility index (Phi) is 3.83. The molecule has 1 aromatic heterocycles. The van der Waals surface area contributed by atoms with Crippen LogP contribution in [0.1, 0.15) is 63.0 Å². The van der Waals surface area contributed by atoms with Gasteiger partial charge in [-0.25, -0.2) is 4.79 Å². The fraction of sp³-hybridized carbons (Fsp3) is 0.579. The lowest BCUT2D eigenvalue weighted by atomic mass is 9.81. The number of esters is 1. The lowest BCUT2D eigenvalue weighted by molar-refractivity contribution is -0.149. The van der Waals surface area contributed by atoms with Crippen molar-refractivity contribution in [1.29, 1.82) is 0 Å². The smallest absolute Gasteiger partial charge is 0.333 e. The Morgan fingerprint density at radius 2 is 2.04 bits per heavy atom. The molecular weight excluding hydrogens is 288 g/mol. The summed E-state index contributed by atoms with van der Waals surface area (Å²) in [5.74, 6) is -0.155. The molecule has 0 N–H and O–H groups in total. The third-order valence-electron chi connectivity index (χ3n) is 5.56. The summed E-state index contributed by atoms with van der Waals surface area (Å²) in [6, 6.07) is 4.47. The zero-order valence-corrected chi connectivity index (χ0v) is 13.5. The predicted octanol–water partition coefficient (Wildman–Crippen LogP) is 3.75. The summed E-state index contributed by atoms with van der Waals surface area (Å²) < 4.78 is 5.85. The Balaban J connectivity index is 1.68. The van der Waals surface area contributed by atoms with Crippen LogP contribution in [0, 0.1) is 0 Å². The highest BCUT2D eigenvalue weighted by Crippen LogP contribution is 2.46. The molecule has 0 amide bonds. The molecule has 2 fully saturated rings. The van der Waals surface area contributed by atoms with Gasteiger partial charge in [0.2, 0.25) is 0 Å². The van der Waals surface area contributed by atoms with Crippen LogP contribution >= 0.6 is 0 Å². The van der Waals surface area contributed by atoms with Gasteiger partial charge in [0, 0.05) is 25.0 Å². The highest BCUT2D eigenvalue weighted by atomic mass is 16.6. The molecule has 0 bridgehead atoms. The second-order valence-corrected chi connectivity index (χ2v) is 7.00. The van der Waals surface area contributed by atoms with Crippen LogP contribution in [0.4, 0.5) is 0 Å². The molecule has 0 aromatic carbocycles. The van der Waals surface area contributed by atoms with E-state index in [1.54, 1.807) is 6.08 Å². The Bertz CT molecular complexity index is 605. The molecule has 122 valence electrons. The Labute approximate surface area is 137 Å². The van der Waals surface area contributed by atoms with E-state index in [1.807, 2.05) is 18.5 Å². The molecule has 1 saturated heterocycles. The summed E-state index contributed by atoms with van der Waals surface area (Å²) in [5, 5.41) is 0. The van der Waals surface area contributed by atoms with E-state index in [9.17, 15) is 4.79 Å². The topological polar surface area (TPSA) is 42.4 Å². The number of nitrogens with zero attached hydrogens (tertiary/aromatic N) is 2. The van der Waals surface area contributed by atoms with E-state index in [0.29, 0.717) is 6.04 Å². The Hall–Kier alpha value is -1.84. The largest absolute Gasteiger partial charge is 0.449 e. The third-order valence-corrected chi connectivity index (χ3v) is 5.56. The van der Waals surface area contributed by atoms with Gasteiger partial charge < -0.3 is 9.64 Å². The number of ether oxygens (including phenoxy) is 1. The summed E-state index contributed by atoms with van der Waals surface area (Å²) in [6.07, 6.45) is 14.6. The minimum absolute atomic E-state index is 0.155. The first-order chi connectivity index (χ1) is 11.3. The van der Waals surface area contributed by atoms with Gasteiger partial charge in [-0.05, 0) is 56.6 Å².